The molecule has 0 spiro atoms. The van der Waals surface area contributed by atoms with Gasteiger partial charge in [-0.2, -0.15) is 0 Å². The zero-order valence-electron chi connectivity index (χ0n) is 15.0. The number of fused-ring (bicyclic) bond motifs is 1. The minimum absolute atomic E-state index is 0. The van der Waals surface area contributed by atoms with Crippen molar-refractivity contribution in [1.29, 1.82) is 0 Å². The maximum Gasteiger partial charge on any atom is 0.238 e. The minimum atomic E-state index is -0.0238. The molecule has 0 bridgehead atoms. The summed E-state index contributed by atoms with van der Waals surface area (Å²) in [6, 6.07) is 5.42. The van der Waals surface area contributed by atoms with Gasteiger partial charge in [-0.05, 0) is 12.1 Å². The van der Waals surface area contributed by atoms with Crippen molar-refractivity contribution in [3.63, 3.8) is 0 Å². The van der Waals surface area contributed by atoms with Crippen LogP contribution in [0, 0.1) is 0 Å². The SMILES string of the molecule is Cl.Cl.Cn1ccnc1N1CCN(CC(=O)Nc2ccc3c(c2)OCO3)CC1. The minimum Gasteiger partial charge on any atom is -0.454 e. The van der Waals surface area contributed by atoms with Gasteiger partial charge in [-0.15, -0.1) is 24.8 Å². The molecule has 1 N–H and O–H groups in total. The number of ether oxygens (including phenoxy) is 2. The highest BCUT2D eigenvalue weighted by Crippen LogP contribution is 2.34. The molecule has 0 radical (unpaired) electrons. The number of imidazole rings is 1. The first-order valence-electron chi connectivity index (χ1n) is 8.33. The molecule has 1 saturated heterocycles. The summed E-state index contributed by atoms with van der Waals surface area (Å²) >= 11 is 0. The van der Waals surface area contributed by atoms with Crippen LogP contribution in [0.1, 0.15) is 0 Å². The smallest absolute Gasteiger partial charge is 0.238 e. The molecule has 0 atom stereocenters. The van der Waals surface area contributed by atoms with Crippen molar-refractivity contribution in [2.24, 2.45) is 7.05 Å². The second-order valence-electron chi connectivity index (χ2n) is 6.22. The second-order valence-corrected chi connectivity index (χ2v) is 6.22. The van der Waals surface area contributed by atoms with E-state index in [0.29, 0.717) is 18.0 Å². The Hall–Kier alpha value is -2.16. The van der Waals surface area contributed by atoms with Gasteiger partial charge < -0.3 is 24.3 Å². The molecule has 2 aliphatic heterocycles. The molecule has 1 aromatic carbocycles. The molecule has 1 amide bonds. The van der Waals surface area contributed by atoms with Crippen LogP contribution in [0.25, 0.3) is 0 Å². The number of nitrogens with one attached hydrogen (secondary N) is 1. The molecule has 148 valence electrons. The molecule has 1 aromatic heterocycles. The van der Waals surface area contributed by atoms with Crippen LogP contribution in [0.4, 0.5) is 11.6 Å². The largest absolute Gasteiger partial charge is 0.454 e. The van der Waals surface area contributed by atoms with E-state index in [2.05, 4.69) is 20.1 Å². The first-order valence-corrected chi connectivity index (χ1v) is 8.33. The van der Waals surface area contributed by atoms with Crippen molar-refractivity contribution >= 4 is 42.4 Å². The van der Waals surface area contributed by atoms with Gasteiger partial charge >= 0.3 is 0 Å². The van der Waals surface area contributed by atoms with Crippen LogP contribution in [0.2, 0.25) is 0 Å². The number of amides is 1. The lowest BCUT2D eigenvalue weighted by molar-refractivity contribution is -0.117. The maximum atomic E-state index is 12.3. The van der Waals surface area contributed by atoms with E-state index in [0.717, 1.165) is 37.8 Å². The van der Waals surface area contributed by atoms with Crippen LogP contribution in [0.15, 0.2) is 30.6 Å². The summed E-state index contributed by atoms with van der Waals surface area (Å²) in [6.45, 7) is 4.00. The zero-order valence-corrected chi connectivity index (χ0v) is 16.6. The number of carbonyl (C=O) groups is 1. The highest BCUT2D eigenvalue weighted by atomic mass is 35.5. The monoisotopic (exact) mass is 415 g/mol. The van der Waals surface area contributed by atoms with Gasteiger partial charge in [0.2, 0.25) is 18.6 Å². The molecule has 0 unspecified atom stereocenters. The number of aromatic nitrogens is 2. The van der Waals surface area contributed by atoms with Gasteiger partial charge in [-0.1, -0.05) is 0 Å². The molecule has 4 rings (SSSR count). The Kier molecular flexibility index (Phi) is 7.18. The number of aryl methyl sites for hydroxylation is 1. The van der Waals surface area contributed by atoms with Crippen molar-refractivity contribution in [1.82, 2.24) is 14.5 Å². The molecule has 0 aliphatic carbocycles. The van der Waals surface area contributed by atoms with Crippen LogP contribution < -0.4 is 19.7 Å². The van der Waals surface area contributed by atoms with Gasteiger partial charge in [0, 0.05) is 57.4 Å². The van der Waals surface area contributed by atoms with E-state index >= 15 is 0 Å². The van der Waals surface area contributed by atoms with Gasteiger partial charge in [-0.3, -0.25) is 9.69 Å². The third kappa shape index (κ3) is 4.77. The summed E-state index contributed by atoms with van der Waals surface area (Å²) in [4.78, 5) is 21.1. The molecule has 27 heavy (non-hydrogen) atoms. The maximum absolute atomic E-state index is 12.3. The number of hydrogen-bond donors (Lipinski definition) is 1. The van der Waals surface area contributed by atoms with Gasteiger partial charge in [0.15, 0.2) is 11.5 Å². The summed E-state index contributed by atoms with van der Waals surface area (Å²) in [6.07, 6.45) is 3.75. The van der Waals surface area contributed by atoms with Crippen LogP contribution >= 0.6 is 24.8 Å². The number of piperazine rings is 1. The first-order chi connectivity index (χ1) is 12.2. The van der Waals surface area contributed by atoms with Crippen LogP contribution in [-0.4, -0.2) is 59.9 Å². The van der Waals surface area contributed by atoms with Gasteiger partial charge in [0.1, 0.15) is 0 Å². The van der Waals surface area contributed by atoms with E-state index in [4.69, 9.17) is 9.47 Å². The Labute approximate surface area is 170 Å². The molecule has 1 fully saturated rings. The fraction of sp³-hybridized carbons (Fsp3) is 0.412. The van der Waals surface area contributed by atoms with Crippen molar-refractivity contribution in [2.45, 2.75) is 0 Å². The number of halogens is 2. The molecule has 10 heteroatoms. The van der Waals surface area contributed by atoms with E-state index in [-0.39, 0.29) is 37.5 Å². The van der Waals surface area contributed by atoms with Crippen molar-refractivity contribution < 1.29 is 14.3 Å². The Morgan fingerprint density at radius 2 is 1.89 bits per heavy atom. The van der Waals surface area contributed by atoms with Crippen LogP contribution in [-0.2, 0) is 11.8 Å². The second kappa shape index (κ2) is 9.16. The summed E-state index contributed by atoms with van der Waals surface area (Å²) < 4.78 is 12.6. The lowest BCUT2D eigenvalue weighted by atomic mass is 10.2. The first kappa shape index (κ1) is 21.1. The lowest BCUT2D eigenvalue weighted by Crippen LogP contribution is -2.49. The van der Waals surface area contributed by atoms with E-state index < -0.39 is 0 Å². The highest BCUT2D eigenvalue weighted by molar-refractivity contribution is 5.92. The average Bonchev–Trinajstić information content (AvgIpc) is 3.24. The number of anilines is 2. The predicted octanol–water partition coefficient (Wildman–Crippen LogP) is 1.75. The average molecular weight is 416 g/mol. The van der Waals surface area contributed by atoms with Crippen molar-refractivity contribution in [3.8, 4) is 11.5 Å². The van der Waals surface area contributed by atoms with Crippen molar-refractivity contribution in [3.05, 3.63) is 30.6 Å². The number of rotatable bonds is 4. The number of hydrogen-bond acceptors (Lipinski definition) is 6. The summed E-state index contributed by atoms with van der Waals surface area (Å²) in [7, 11) is 1.99. The van der Waals surface area contributed by atoms with E-state index in [1.807, 2.05) is 29.9 Å². The fourth-order valence-electron chi connectivity index (χ4n) is 3.15. The fourth-order valence-corrected chi connectivity index (χ4v) is 3.15. The Morgan fingerprint density at radius 3 is 2.59 bits per heavy atom. The number of nitrogens with zero attached hydrogens (tertiary/aromatic N) is 4. The van der Waals surface area contributed by atoms with Crippen molar-refractivity contribution in [2.75, 3.05) is 49.7 Å². The molecule has 0 saturated carbocycles. The summed E-state index contributed by atoms with van der Waals surface area (Å²) in [5.41, 5.74) is 0.723. The summed E-state index contributed by atoms with van der Waals surface area (Å²) in [5, 5.41) is 2.92. The van der Waals surface area contributed by atoms with E-state index in [9.17, 15) is 4.79 Å². The van der Waals surface area contributed by atoms with Crippen LogP contribution in [0.3, 0.4) is 0 Å². The normalized spacial score (nSPS) is 15.7. The molecule has 2 aliphatic rings. The van der Waals surface area contributed by atoms with Gasteiger partial charge in [0.25, 0.3) is 0 Å². The quantitative estimate of drug-likeness (QED) is 0.819. The Bertz CT molecular complexity index is 778. The number of carbonyl (C=O) groups excluding carboxylic acids is 1. The molecular weight excluding hydrogens is 393 g/mol. The highest BCUT2D eigenvalue weighted by Gasteiger charge is 2.21. The molecule has 3 heterocycles. The molecule has 2 aromatic rings. The predicted molar refractivity (Wildman–Crippen MR) is 108 cm³/mol. The van der Waals surface area contributed by atoms with E-state index in [1.54, 1.807) is 12.3 Å². The topological polar surface area (TPSA) is 71.9 Å². The third-order valence-corrected chi connectivity index (χ3v) is 4.47. The van der Waals surface area contributed by atoms with E-state index in [1.165, 1.54) is 0 Å². The zero-order chi connectivity index (χ0) is 17.2. The molecule has 8 nitrogen and oxygen atoms in total. The lowest BCUT2D eigenvalue weighted by Gasteiger charge is -2.34. The number of benzene rings is 1. The summed E-state index contributed by atoms with van der Waals surface area (Å²) in [5.74, 6) is 2.33. The third-order valence-electron chi connectivity index (χ3n) is 4.47. The Balaban J connectivity index is 0.00000131. The van der Waals surface area contributed by atoms with Gasteiger partial charge in [0.05, 0.1) is 6.54 Å². The standard InChI is InChI=1S/C17H21N5O3.2ClH/c1-20-5-4-18-17(20)22-8-6-21(7-9-22)11-16(23)19-13-2-3-14-15(10-13)25-12-24-14;;/h2-5,10H,6-9,11-12H2,1H3,(H,19,23);2*1H. The van der Waals surface area contributed by atoms with Crippen LogP contribution in [0.5, 0.6) is 11.5 Å². The Morgan fingerprint density at radius 1 is 1.15 bits per heavy atom. The van der Waals surface area contributed by atoms with Gasteiger partial charge in [-0.25, -0.2) is 4.98 Å². The molecular formula is C17H23Cl2N5O3.